The predicted molar refractivity (Wildman–Crippen MR) is 155 cm³/mol. The minimum atomic E-state index is -3.81. The number of carboxylic acids is 1. The number of nitrogens with one attached hydrogen (secondary N) is 1. The van der Waals surface area contributed by atoms with Crippen LogP contribution in [0.3, 0.4) is 0 Å². The molecule has 2 atom stereocenters. The van der Waals surface area contributed by atoms with Crippen molar-refractivity contribution in [2.45, 2.75) is 37.1 Å². The molecule has 7 nitrogen and oxygen atoms in total. The second kappa shape index (κ2) is 11.6. The first-order valence-electron chi connectivity index (χ1n) is 13.4. The van der Waals surface area contributed by atoms with E-state index < -0.39 is 33.9 Å². The highest BCUT2D eigenvalue weighted by molar-refractivity contribution is 7.89. The normalized spacial score (nSPS) is 16.9. The van der Waals surface area contributed by atoms with Gasteiger partial charge in [0, 0.05) is 19.5 Å². The molecule has 5 rings (SSSR count). The Bertz CT molecular complexity index is 1650. The zero-order valence-electron chi connectivity index (χ0n) is 22.3. The molecule has 4 aromatic carbocycles. The molecule has 0 aliphatic carbocycles. The summed E-state index contributed by atoms with van der Waals surface area (Å²) < 4.78 is 28.2. The molecular formula is C32H32N2O5S. The van der Waals surface area contributed by atoms with E-state index in [1.807, 2.05) is 79.7 Å². The van der Waals surface area contributed by atoms with Crippen molar-refractivity contribution in [3.8, 4) is 11.1 Å². The molecular weight excluding hydrogens is 524 g/mol. The number of aliphatic carboxylic acids is 1. The molecule has 0 radical (unpaired) electrons. The van der Waals surface area contributed by atoms with Crippen molar-refractivity contribution >= 4 is 32.7 Å². The molecule has 206 valence electrons. The number of fused-ring (bicyclic) bond motifs is 1. The molecule has 0 spiro atoms. The van der Waals surface area contributed by atoms with Crippen LogP contribution in [0.1, 0.15) is 24.0 Å². The SMILES string of the molecule is Cc1ccccc1-c1ccc(C[C@H](NC(=O)C2CCCN(S(=O)(=O)c3ccc4ccccc4c3)C2)C(=O)O)cc1. The molecule has 0 aromatic heterocycles. The monoisotopic (exact) mass is 556 g/mol. The van der Waals surface area contributed by atoms with Gasteiger partial charge in [-0.3, -0.25) is 4.79 Å². The van der Waals surface area contributed by atoms with Gasteiger partial charge in [0.05, 0.1) is 10.8 Å². The highest BCUT2D eigenvalue weighted by atomic mass is 32.2. The van der Waals surface area contributed by atoms with Crippen LogP contribution in [-0.4, -0.2) is 48.8 Å². The van der Waals surface area contributed by atoms with Crippen molar-refractivity contribution in [3.63, 3.8) is 0 Å². The van der Waals surface area contributed by atoms with Gasteiger partial charge in [0.2, 0.25) is 15.9 Å². The molecule has 0 saturated carbocycles. The van der Waals surface area contributed by atoms with Gasteiger partial charge in [-0.05, 0) is 64.9 Å². The Hall–Kier alpha value is -4.01. The number of carboxylic acid groups (broad SMARTS) is 1. The maximum absolute atomic E-state index is 13.4. The summed E-state index contributed by atoms with van der Waals surface area (Å²) in [6.45, 7) is 2.37. The van der Waals surface area contributed by atoms with Crippen LogP contribution in [0.15, 0.2) is 95.9 Å². The Morgan fingerprint density at radius 3 is 2.38 bits per heavy atom. The Balaban J connectivity index is 1.26. The maximum Gasteiger partial charge on any atom is 0.326 e. The fourth-order valence-corrected chi connectivity index (χ4v) is 6.85. The van der Waals surface area contributed by atoms with Gasteiger partial charge < -0.3 is 10.4 Å². The van der Waals surface area contributed by atoms with Crippen LogP contribution >= 0.6 is 0 Å². The smallest absolute Gasteiger partial charge is 0.326 e. The number of hydrogen-bond donors (Lipinski definition) is 2. The van der Waals surface area contributed by atoms with Crippen molar-refractivity contribution in [2.24, 2.45) is 5.92 Å². The van der Waals surface area contributed by atoms with E-state index in [0.29, 0.717) is 19.4 Å². The molecule has 0 bridgehead atoms. The average Bonchev–Trinajstić information content (AvgIpc) is 2.97. The molecule has 1 unspecified atom stereocenters. The van der Waals surface area contributed by atoms with Crippen molar-refractivity contribution in [3.05, 3.63) is 102 Å². The maximum atomic E-state index is 13.4. The van der Waals surface area contributed by atoms with E-state index in [9.17, 15) is 23.1 Å². The van der Waals surface area contributed by atoms with Crippen LogP contribution in [0.4, 0.5) is 0 Å². The van der Waals surface area contributed by atoms with Crippen LogP contribution in [0.5, 0.6) is 0 Å². The number of nitrogens with zero attached hydrogens (tertiary/aromatic N) is 1. The summed E-state index contributed by atoms with van der Waals surface area (Å²) >= 11 is 0. The molecule has 1 aliphatic heterocycles. The highest BCUT2D eigenvalue weighted by Crippen LogP contribution is 2.27. The highest BCUT2D eigenvalue weighted by Gasteiger charge is 2.34. The third-order valence-corrected chi connectivity index (χ3v) is 9.44. The molecule has 2 N–H and O–H groups in total. The first kappa shape index (κ1) is 27.6. The third-order valence-electron chi connectivity index (χ3n) is 7.58. The lowest BCUT2D eigenvalue weighted by molar-refractivity contribution is -0.142. The number of piperidine rings is 1. The number of carbonyl (C=O) groups excluding carboxylic acids is 1. The average molecular weight is 557 g/mol. The number of aryl methyl sites for hydroxylation is 1. The van der Waals surface area contributed by atoms with Crippen LogP contribution in [-0.2, 0) is 26.0 Å². The fraction of sp³-hybridized carbons (Fsp3) is 0.250. The van der Waals surface area contributed by atoms with E-state index >= 15 is 0 Å². The summed E-state index contributed by atoms with van der Waals surface area (Å²) in [7, 11) is -3.81. The number of carbonyl (C=O) groups is 2. The second-order valence-electron chi connectivity index (χ2n) is 10.3. The Labute approximate surface area is 234 Å². The molecule has 1 heterocycles. The molecule has 1 saturated heterocycles. The minimum absolute atomic E-state index is 0.0124. The zero-order valence-corrected chi connectivity index (χ0v) is 23.1. The predicted octanol–water partition coefficient (Wildman–Crippen LogP) is 5.03. The molecule has 40 heavy (non-hydrogen) atoms. The number of sulfonamides is 1. The number of hydrogen-bond acceptors (Lipinski definition) is 4. The van der Waals surface area contributed by atoms with E-state index in [4.69, 9.17) is 0 Å². The van der Waals surface area contributed by atoms with Crippen LogP contribution in [0, 0.1) is 12.8 Å². The molecule has 1 aliphatic rings. The Morgan fingerprint density at radius 1 is 0.950 bits per heavy atom. The van der Waals surface area contributed by atoms with E-state index in [0.717, 1.165) is 33.0 Å². The van der Waals surface area contributed by atoms with Gasteiger partial charge in [-0.25, -0.2) is 13.2 Å². The van der Waals surface area contributed by atoms with E-state index in [-0.39, 0.29) is 17.9 Å². The summed E-state index contributed by atoms with van der Waals surface area (Å²) in [5.41, 5.74) is 4.08. The van der Waals surface area contributed by atoms with Crippen molar-refractivity contribution in [2.75, 3.05) is 13.1 Å². The Kier molecular flexibility index (Phi) is 8.00. The summed E-state index contributed by atoms with van der Waals surface area (Å²) in [5, 5.41) is 14.3. The topological polar surface area (TPSA) is 104 Å². The van der Waals surface area contributed by atoms with Gasteiger partial charge in [-0.1, -0.05) is 78.9 Å². The fourth-order valence-electron chi connectivity index (χ4n) is 5.29. The van der Waals surface area contributed by atoms with Gasteiger partial charge in [-0.2, -0.15) is 4.31 Å². The number of amides is 1. The number of rotatable bonds is 8. The summed E-state index contributed by atoms with van der Waals surface area (Å²) in [6, 6.07) is 27.1. The van der Waals surface area contributed by atoms with Gasteiger partial charge in [0.25, 0.3) is 0 Å². The molecule has 1 amide bonds. The largest absolute Gasteiger partial charge is 0.480 e. The van der Waals surface area contributed by atoms with Gasteiger partial charge in [0.15, 0.2) is 0 Å². The van der Waals surface area contributed by atoms with Crippen LogP contribution < -0.4 is 5.32 Å². The van der Waals surface area contributed by atoms with Gasteiger partial charge in [-0.15, -0.1) is 0 Å². The minimum Gasteiger partial charge on any atom is -0.480 e. The zero-order chi connectivity index (χ0) is 28.3. The van der Waals surface area contributed by atoms with Gasteiger partial charge in [0.1, 0.15) is 6.04 Å². The lowest BCUT2D eigenvalue weighted by Gasteiger charge is -2.32. The van der Waals surface area contributed by atoms with Crippen molar-refractivity contribution in [1.82, 2.24) is 9.62 Å². The van der Waals surface area contributed by atoms with Crippen LogP contribution in [0.2, 0.25) is 0 Å². The van der Waals surface area contributed by atoms with Crippen molar-refractivity contribution < 1.29 is 23.1 Å². The first-order chi connectivity index (χ1) is 19.2. The second-order valence-corrected chi connectivity index (χ2v) is 12.3. The third kappa shape index (κ3) is 5.93. The van der Waals surface area contributed by atoms with E-state index in [1.54, 1.807) is 18.2 Å². The Morgan fingerprint density at radius 2 is 1.65 bits per heavy atom. The lowest BCUT2D eigenvalue weighted by Crippen LogP contribution is -2.50. The molecule has 1 fully saturated rings. The standard InChI is InChI=1S/C32H32N2O5S/c1-22-7-2-5-11-29(22)25-14-12-23(13-15-25)19-30(32(36)37)33-31(35)27-10-6-18-34(21-27)40(38,39)28-17-16-24-8-3-4-9-26(24)20-28/h2-5,7-9,11-17,20,27,30H,6,10,18-19,21H2,1H3,(H,33,35)(H,36,37)/t27?,30-/m0/s1. The van der Waals surface area contributed by atoms with Crippen molar-refractivity contribution in [1.29, 1.82) is 0 Å². The quantitative estimate of drug-likeness (QED) is 0.317. The summed E-state index contributed by atoms with van der Waals surface area (Å²) in [5.74, 6) is -2.20. The van der Waals surface area contributed by atoms with Crippen LogP contribution in [0.25, 0.3) is 21.9 Å². The van der Waals surface area contributed by atoms with E-state index in [1.165, 1.54) is 4.31 Å². The summed E-state index contributed by atoms with van der Waals surface area (Å²) in [6.07, 6.45) is 1.14. The first-order valence-corrected chi connectivity index (χ1v) is 14.8. The number of benzene rings is 4. The molecule has 4 aromatic rings. The lowest BCUT2D eigenvalue weighted by atomic mass is 9.96. The summed E-state index contributed by atoms with van der Waals surface area (Å²) in [4.78, 5) is 25.4. The molecule has 8 heteroatoms. The van der Waals surface area contributed by atoms with Gasteiger partial charge >= 0.3 is 5.97 Å². The van der Waals surface area contributed by atoms with E-state index in [2.05, 4.69) is 5.32 Å².